The van der Waals surface area contributed by atoms with Crippen molar-refractivity contribution in [1.82, 2.24) is 9.97 Å². The highest BCUT2D eigenvalue weighted by molar-refractivity contribution is 6.30. The number of rotatable bonds is 5. The van der Waals surface area contributed by atoms with Gasteiger partial charge in [0.05, 0.1) is 5.69 Å². The molecule has 1 aromatic heterocycles. The molecule has 0 unspecified atom stereocenters. The lowest BCUT2D eigenvalue weighted by Gasteiger charge is -2.07. The summed E-state index contributed by atoms with van der Waals surface area (Å²) >= 11 is 5.99. The number of imidazole rings is 1. The summed E-state index contributed by atoms with van der Waals surface area (Å²) in [6.45, 7) is 4.67. The van der Waals surface area contributed by atoms with Gasteiger partial charge in [-0.2, -0.15) is 0 Å². The normalized spacial score (nSPS) is 10.8. The van der Waals surface area contributed by atoms with E-state index in [4.69, 9.17) is 21.3 Å². The molecule has 1 N–H and O–H groups in total. The Balaban J connectivity index is 1.49. The van der Waals surface area contributed by atoms with Crippen molar-refractivity contribution in [3.63, 3.8) is 0 Å². The fraction of sp³-hybridized carbons (Fsp3) is 0.125. The first kappa shape index (κ1) is 18.3. The van der Waals surface area contributed by atoms with E-state index in [9.17, 15) is 0 Å². The smallest absolute Gasteiger partial charge is 0.138 e. The van der Waals surface area contributed by atoms with Gasteiger partial charge in [-0.05, 0) is 55.8 Å². The standard InChI is InChI=1S/C24H21ClN2O/c1-16-4-3-5-18(14-16)15-28-22-12-8-20(9-13-22)24-26-17(2)23(27-24)19-6-10-21(25)11-7-19/h3-14H,15H2,1-2H3,(H,26,27). The van der Waals surface area contributed by atoms with Gasteiger partial charge in [0.1, 0.15) is 18.2 Å². The summed E-state index contributed by atoms with van der Waals surface area (Å²) in [4.78, 5) is 8.15. The van der Waals surface area contributed by atoms with Gasteiger partial charge in [0.25, 0.3) is 0 Å². The Hall–Kier alpha value is -3.04. The molecule has 0 spiro atoms. The Labute approximate surface area is 170 Å². The van der Waals surface area contributed by atoms with E-state index in [0.717, 1.165) is 39.1 Å². The molecule has 4 aromatic rings. The van der Waals surface area contributed by atoms with Gasteiger partial charge in [0, 0.05) is 21.8 Å². The third kappa shape index (κ3) is 4.10. The molecular formula is C24H21ClN2O. The van der Waals surface area contributed by atoms with Gasteiger partial charge in [0.2, 0.25) is 0 Å². The summed E-state index contributed by atoms with van der Waals surface area (Å²) < 4.78 is 5.90. The summed E-state index contributed by atoms with van der Waals surface area (Å²) in [5.74, 6) is 1.68. The van der Waals surface area contributed by atoms with Crippen molar-refractivity contribution in [3.8, 4) is 28.4 Å². The third-order valence-electron chi connectivity index (χ3n) is 4.62. The minimum absolute atomic E-state index is 0.557. The molecule has 140 valence electrons. The first-order valence-electron chi connectivity index (χ1n) is 9.20. The summed E-state index contributed by atoms with van der Waals surface area (Å²) in [5.41, 5.74) is 6.43. The van der Waals surface area contributed by atoms with E-state index in [1.54, 1.807) is 0 Å². The van der Waals surface area contributed by atoms with E-state index in [1.165, 1.54) is 11.1 Å². The van der Waals surface area contributed by atoms with Crippen LogP contribution >= 0.6 is 11.6 Å². The Bertz CT molecular complexity index is 1080. The molecule has 1 heterocycles. The molecule has 0 saturated heterocycles. The maximum absolute atomic E-state index is 5.99. The second-order valence-electron chi connectivity index (χ2n) is 6.87. The number of benzene rings is 3. The van der Waals surface area contributed by atoms with Crippen LogP contribution in [0, 0.1) is 13.8 Å². The van der Waals surface area contributed by atoms with E-state index >= 15 is 0 Å². The first-order chi connectivity index (χ1) is 13.6. The average Bonchev–Trinajstić information content (AvgIpc) is 3.09. The van der Waals surface area contributed by atoms with Gasteiger partial charge in [-0.3, -0.25) is 0 Å². The van der Waals surface area contributed by atoms with Crippen molar-refractivity contribution in [2.75, 3.05) is 0 Å². The zero-order valence-electron chi connectivity index (χ0n) is 15.9. The third-order valence-corrected chi connectivity index (χ3v) is 4.87. The van der Waals surface area contributed by atoms with E-state index in [2.05, 4.69) is 36.2 Å². The molecule has 3 aromatic carbocycles. The van der Waals surface area contributed by atoms with Crippen molar-refractivity contribution in [2.24, 2.45) is 0 Å². The molecule has 0 radical (unpaired) electrons. The molecule has 0 aliphatic rings. The van der Waals surface area contributed by atoms with Crippen LogP contribution in [0.2, 0.25) is 5.02 Å². The van der Waals surface area contributed by atoms with Crippen LogP contribution in [0.5, 0.6) is 5.75 Å². The largest absolute Gasteiger partial charge is 0.489 e. The number of aryl methyl sites for hydroxylation is 2. The van der Waals surface area contributed by atoms with Crippen LogP contribution in [-0.4, -0.2) is 9.97 Å². The van der Waals surface area contributed by atoms with Crippen LogP contribution < -0.4 is 4.74 Å². The molecule has 0 saturated carbocycles. The van der Waals surface area contributed by atoms with Crippen LogP contribution in [0.25, 0.3) is 22.6 Å². The number of nitrogens with zero attached hydrogens (tertiary/aromatic N) is 1. The molecule has 3 nitrogen and oxygen atoms in total. The Kier molecular flexibility index (Phi) is 5.18. The Morgan fingerprint density at radius 1 is 0.893 bits per heavy atom. The average molecular weight is 389 g/mol. The van der Waals surface area contributed by atoms with Gasteiger partial charge in [-0.25, -0.2) is 4.98 Å². The highest BCUT2D eigenvalue weighted by Crippen LogP contribution is 2.27. The van der Waals surface area contributed by atoms with Gasteiger partial charge >= 0.3 is 0 Å². The fourth-order valence-electron chi connectivity index (χ4n) is 3.16. The Morgan fingerprint density at radius 3 is 2.32 bits per heavy atom. The fourth-order valence-corrected chi connectivity index (χ4v) is 3.29. The van der Waals surface area contributed by atoms with Gasteiger partial charge in [-0.15, -0.1) is 0 Å². The summed E-state index contributed by atoms with van der Waals surface area (Å²) in [5, 5.41) is 0.721. The maximum Gasteiger partial charge on any atom is 0.138 e. The molecule has 0 bridgehead atoms. The number of halogens is 1. The van der Waals surface area contributed by atoms with Crippen LogP contribution in [0.15, 0.2) is 72.8 Å². The molecule has 28 heavy (non-hydrogen) atoms. The zero-order valence-corrected chi connectivity index (χ0v) is 16.6. The second-order valence-corrected chi connectivity index (χ2v) is 7.30. The number of nitrogens with one attached hydrogen (secondary N) is 1. The second kappa shape index (κ2) is 7.91. The number of hydrogen-bond acceptors (Lipinski definition) is 2. The number of aromatic amines is 1. The monoisotopic (exact) mass is 388 g/mol. The van der Waals surface area contributed by atoms with Crippen LogP contribution in [0.3, 0.4) is 0 Å². The van der Waals surface area contributed by atoms with E-state index in [1.807, 2.05) is 55.5 Å². The molecule has 0 amide bonds. The quantitative estimate of drug-likeness (QED) is 0.418. The predicted molar refractivity (Wildman–Crippen MR) is 115 cm³/mol. The first-order valence-corrected chi connectivity index (χ1v) is 9.57. The highest BCUT2D eigenvalue weighted by Gasteiger charge is 2.10. The minimum Gasteiger partial charge on any atom is -0.489 e. The van der Waals surface area contributed by atoms with Crippen LogP contribution in [0.1, 0.15) is 16.8 Å². The summed E-state index contributed by atoms with van der Waals surface area (Å²) in [7, 11) is 0. The molecule has 0 aliphatic carbocycles. The molecular weight excluding hydrogens is 368 g/mol. The van der Waals surface area contributed by atoms with Crippen LogP contribution in [0.4, 0.5) is 0 Å². The Morgan fingerprint density at radius 2 is 1.61 bits per heavy atom. The summed E-state index contributed by atoms with van der Waals surface area (Å²) in [6, 6.07) is 24.1. The highest BCUT2D eigenvalue weighted by atomic mass is 35.5. The van der Waals surface area contributed by atoms with E-state index < -0.39 is 0 Å². The van der Waals surface area contributed by atoms with Crippen molar-refractivity contribution >= 4 is 11.6 Å². The van der Waals surface area contributed by atoms with Crippen molar-refractivity contribution in [2.45, 2.75) is 20.5 Å². The number of H-pyrrole nitrogens is 1. The lowest BCUT2D eigenvalue weighted by molar-refractivity contribution is 0.306. The van der Waals surface area contributed by atoms with Crippen molar-refractivity contribution < 1.29 is 4.74 Å². The van der Waals surface area contributed by atoms with Crippen LogP contribution in [-0.2, 0) is 6.61 Å². The summed E-state index contributed by atoms with van der Waals surface area (Å²) in [6.07, 6.45) is 0. The number of aromatic nitrogens is 2. The molecule has 4 heteroatoms. The van der Waals surface area contributed by atoms with E-state index in [-0.39, 0.29) is 0 Å². The number of hydrogen-bond donors (Lipinski definition) is 1. The van der Waals surface area contributed by atoms with Gasteiger partial charge < -0.3 is 9.72 Å². The lowest BCUT2D eigenvalue weighted by atomic mass is 10.1. The minimum atomic E-state index is 0.557. The SMILES string of the molecule is Cc1cccc(COc2ccc(-c3nc(-c4ccc(Cl)cc4)c(C)[nH]3)cc2)c1. The maximum atomic E-state index is 5.99. The van der Waals surface area contributed by atoms with Gasteiger partial charge in [-0.1, -0.05) is 53.6 Å². The predicted octanol–water partition coefficient (Wildman–Crippen LogP) is 6.59. The van der Waals surface area contributed by atoms with Crippen molar-refractivity contribution in [3.05, 3.63) is 94.6 Å². The molecule has 0 fully saturated rings. The zero-order chi connectivity index (χ0) is 19.5. The molecule has 0 atom stereocenters. The van der Waals surface area contributed by atoms with Crippen molar-refractivity contribution in [1.29, 1.82) is 0 Å². The molecule has 4 rings (SSSR count). The molecule has 0 aliphatic heterocycles. The number of ether oxygens (including phenoxy) is 1. The topological polar surface area (TPSA) is 37.9 Å². The lowest BCUT2D eigenvalue weighted by Crippen LogP contribution is -1.95. The van der Waals surface area contributed by atoms with Gasteiger partial charge in [0.15, 0.2) is 0 Å². The van der Waals surface area contributed by atoms with E-state index in [0.29, 0.717) is 6.61 Å².